The van der Waals surface area contributed by atoms with E-state index in [9.17, 15) is 9.59 Å². The number of likely N-dealkylation sites (N-methyl/N-ethyl adjacent to an activating group) is 1. The molecular weight excluding hydrogens is 340 g/mol. The summed E-state index contributed by atoms with van der Waals surface area (Å²) in [5.41, 5.74) is 3.45. The van der Waals surface area contributed by atoms with Gasteiger partial charge >= 0.3 is 6.03 Å². The number of hydrogen-bond acceptors (Lipinski definition) is 3. The van der Waals surface area contributed by atoms with Crippen LogP contribution in [0.5, 0.6) is 0 Å². The molecule has 0 bridgehead atoms. The number of carbonyl (C=O) groups excluding carboxylic acids is 2. The number of urea groups is 1. The summed E-state index contributed by atoms with van der Waals surface area (Å²) in [4.78, 5) is 28.5. The Morgan fingerprint density at radius 1 is 1.04 bits per heavy atom. The largest absolute Gasteiger partial charge is 0.326 e. The van der Waals surface area contributed by atoms with Crippen molar-refractivity contribution in [2.75, 3.05) is 37.3 Å². The summed E-state index contributed by atoms with van der Waals surface area (Å²) >= 11 is 0. The first-order valence-corrected chi connectivity index (χ1v) is 9.13. The molecule has 27 heavy (non-hydrogen) atoms. The zero-order chi connectivity index (χ0) is 19.4. The van der Waals surface area contributed by atoms with Crippen molar-refractivity contribution >= 4 is 23.3 Å². The Morgan fingerprint density at radius 2 is 1.78 bits per heavy atom. The molecule has 0 spiro atoms. The van der Waals surface area contributed by atoms with E-state index in [1.165, 1.54) is 6.92 Å². The Hall–Kier alpha value is -2.86. The number of hydrogen-bond donors (Lipinski definition) is 2. The molecule has 1 aliphatic heterocycles. The highest BCUT2D eigenvalue weighted by molar-refractivity contribution is 5.93. The van der Waals surface area contributed by atoms with Crippen LogP contribution in [0.1, 0.15) is 24.1 Å². The van der Waals surface area contributed by atoms with Crippen molar-refractivity contribution in [1.82, 2.24) is 9.80 Å². The van der Waals surface area contributed by atoms with Gasteiger partial charge in [0.25, 0.3) is 0 Å². The Labute approximate surface area is 160 Å². The summed E-state index contributed by atoms with van der Waals surface area (Å²) in [6.07, 6.45) is 0. The molecule has 142 valence electrons. The molecule has 0 radical (unpaired) electrons. The normalized spacial score (nSPS) is 17.4. The van der Waals surface area contributed by atoms with E-state index in [1.54, 1.807) is 6.07 Å². The van der Waals surface area contributed by atoms with Crippen molar-refractivity contribution in [2.24, 2.45) is 0 Å². The Kier molecular flexibility index (Phi) is 5.76. The topological polar surface area (TPSA) is 64.7 Å². The van der Waals surface area contributed by atoms with Gasteiger partial charge in [-0.3, -0.25) is 4.79 Å². The first-order chi connectivity index (χ1) is 12.9. The molecule has 1 saturated heterocycles. The maximum absolute atomic E-state index is 13.1. The molecule has 1 aliphatic rings. The number of benzene rings is 2. The number of rotatable bonds is 3. The van der Waals surface area contributed by atoms with Gasteiger partial charge in [-0.1, -0.05) is 36.4 Å². The van der Waals surface area contributed by atoms with Crippen LogP contribution < -0.4 is 10.6 Å². The SMILES string of the molecule is CC(=O)Nc1ccc(C)c(NC(=O)N2CCN(C)C[C@@H]2c2ccccc2)c1. The molecule has 1 heterocycles. The lowest BCUT2D eigenvalue weighted by atomic mass is 10.0. The van der Waals surface area contributed by atoms with Crippen LogP contribution in [0, 0.1) is 6.92 Å². The summed E-state index contributed by atoms with van der Waals surface area (Å²) in [6.45, 7) is 5.69. The van der Waals surface area contributed by atoms with Gasteiger partial charge in [0.1, 0.15) is 0 Å². The van der Waals surface area contributed by atoms with E-state index in [2.05, 4.69) is 34.7 Å². The number of nitrogens with one attached hydrogen (secondary N) is 2. The summed E-state index contributed by atoms with van der Waals surface area (Å²) < 4.78 is 0. The van der Waals surface area contributed by atoms with Crippen LogP contribution in [0.2, 0.25) is 0 Å². The monoisotopic (exact) mass is 366 g/mol. The van der Waals surface area contributed by atoms with Gasteiger partial charge in [-0.25, -0.2) is 4.79 Å². The van der Waals surface area contributed by atoms with Gasteiger partial charge < -0.3 is 20.4 Å². The second kappa shape index (κ2) is 8.22. The van der Waals surface area contributed by atoms with Gasteiger partial charge in [0, 0.05) is 37.9 Å². The predicted octanol–water partition coefficient (Wildman–Crippen LogP) is 3.47. The van der Waals surface area contributed by atoms with E-state index in [4.69, 9.17) is 0 Å². The first kappa shape index (κ1) is 18.9. The van der Waals surface area contributed by atoms with Crippen LogP contribution in [0.15, 0.2) is 48.5 Å². The van der Waals surface area contributed by atoms with E-state index >= 15 is 0 Å². The molecule has 3 rings (SSSR count). The summed E-state index contributed by atoms with van der Waals surface area (Å²) in [5, 5.41) is 5.78. The molecule has 1 atom stereocenters. The van der Waals surface area contributed by atoms with Crippen molar-refractivity contribution in [3.05, 3.63) is 59.7 Å². The molecule has 2 aromatic carbocycles. The lowest BCUT2D eigenvalue weighted by molar-refractivity contribution is -0.114. The van der Waals surface area contributed by atoms with Crippen molar-refractivity contribution in [2.45, 2.75) is 19.9 Å². The number of nitrogens with zero attached hydrogens (tertiary/aromatic N) is 2. The second-order valence-corrected chi connectivity index (χ2v) is 7.02. The minimum absolute atomic E-state index is 0.00350. The molecule has 2 aromatic rings. The van der Waals surface area contributed by atoms with Gasteiger partial charge in [0.2, 0.25) is 5.91 Å². The third kappa shape index (κ3) is 4.65. The highest BCUT2D eigenvalue weighted by Crippen LogP contribution is 2.27. The average Bonchev–Trinajstić information content (AvgIpc) is 2.64. The van der Waals surface area contributed by atoms with E-state index < -0.39 is 0 Å². The minimum Gasteiger partial charge on any atom is -0.326 e. The van der Waals surface area contributed by atoms with Gasteiger partial charge in [0.15, 0.2) is 0 Å². The number of amides is 3. The molecule has 0 aliphatic carbocycles. The Balaban J connectivity index is 1.81. The highest BCUT2D eigenvalue weighted by Gasteiger charge is 2.30. The van der Waals surface area contributed by atoms with Crippen LogP contribution in [0.25, 0.3) is 0 Å². The molecule has 6 heteroatoms. The number of aryl methyl sites for hydroxylation is 1. The Bertz CT molecular complexity index is 822. The lowest BCUT2D eigenvalue weighted by Gasteiger charge is -2.40. The summed E-state index contributed by atoms with van der Waals surface area (Å²) in [5.74, 6) is -0.140. The fourth-order valence-electron chi connectivity index (χ4n) is 3.35. The standard InChI is InChI=1S/C21H26N4O2/c1-15-9-10-18(22-16(2)26)13-19(15)23-21(27)25-12-11-24(3)14-20(25)17-7-5-4-6-8-17/h4-10,13,20H,11-12,14H2,1-3H3,(H,22,26)(H,23,27)/t20-/m1/s1. The fourth-order valence-corrected chi connectivity index (χ4v) is 3.35. The van der Waals surface area contributed by atoms with Crippen LogP contribution in [-0.4, -0.2) is 48.4 Å². The zero-order valence-corrected chi connectivity index (χ0v) is 16.0. The third-order valence-electron chi connectivity index (χ3n) is 4.83. The number of carbonyl (C=O) groups is 2. The van der Waals surface area contributed by atoms with Crippen LogP contribution in [0.3, 0.4) is 0 Å². The van der Waals surface area contributed by atoms with Gasteiger partial charge in [-0.05, 0) is 37.2 Å². The van der Waals surface area contributed by atoms with E-state index in [1.807, 2.05) is 42.2 Å². The first-order valence-electron chi connectivity index (χ1n) is 9.13. The molecule has 1 fully saturated rings. The maximum atomic E-state index is 13.1. The summed E-state index contributed by atoms with van der Waals surface area (Å²) in [7, 11) is 2.08. The molecule has 2 N–H and O–H groups in total. The zero-order valence-electron chi connectivity index (χ0n) is 16.0. The van der Waals surface area contributed by atoms with E-state index in [0.717, 1.165) is 24.2 Å². The second-order valence-electron chi connectivity index (χ2n) is 7.02. The highest BCUT2D eigenvalue weighted by atomic mass is 16.2. The van der Waals surface area contributed by atoms with Crippen molar-refractivity contribution in [3.8, 4) is 0 Å². The fraction of sp³-hybridized carbons (Fsp3) is 0.333. The number of piperazine rings is 1. The van der Waals surface area contributed by atoms with Crippen molar-refractivity contribution in [1.29, 1.82) is 0 Å². The third-order valence-corrected chi connectivity index (χ3v) is 4.83. The number of anilines is 2. The molecule has 6 nitrogen and oxygen atoms in total. The Morgan fingerprint density at radius 3 is 2.48 bits per heavy atom. The lowest BCUT2D eigenvalue weighted by Crippen LogP contribution is -2.50. The van der Waals surface area contributed by atoms with E-state index in [0.29, 0.717) is 17.9 Å². The van der Waals surface area contributed by atoms with Crippen LogP contribution in [-0.2, 0) is 4.79 Å². The van der Waals surface area contributed by atoms with Crippen LogP contribution in [0.4, 0.5) is 16.2 Å². The van der Waals surface area contributed by atoms with Crippen molar-refractivity contribution < 1.29 is 9.59 Å². The van der Waals surface area contributed by atoms with Gasteiger partial charge in [-0.2, -0.15) is 0 Å². The molecule has 0 saturated carbocycles. The van der Waals surface area contributed by atoms with Crippen LogP contribution >= 0.6 is 0 Å². The van der Waals surface area contributed by atoms with Gasteiger partial charge in [0.05, 0.1) is 6.04 Å². The average molecular weight is 366 g/mol. The maximum Gasteiger partial charge on any atom is 0.322 e. The molecule has 0 aromatic heterocycles. The van der Waals surface area contributed by atoms with Gasteiger partial charge in [-0.15, -0.1) is 0 Å². The molecular formula is C21H26N4O2. The smallest absolute Gasteiger partial charge is 0.322 e. The minimum atomic E-state index is -0.140. The van der Waals surface area contributed by atoms with Crippen molar-refractivity contribution in [3.63, 3.8) is 0 Å². The summed E-state index contributed by atoms with van der Waals surface area (Å²) in [6, 6.07) is 15.5. The molecule has 3 amide bonds. The van der Waals surface area contributed by atoms with E-state index in [-0.39, 0.29) is 18.0 Å². The predicted molar refractivity (Wildman–Crippen MR) is 108 cm³/mol. The quantitative estimate of drug-likeness (QED) is 0.874. The molecule has 0 unspecified atom stereocenters.